The molecule has 0 amide bonds. The highest BCUT2D eigenvalue weighted by Gasteiger charge is 2.28. The summed E-state index contributed by atoms with van der Waals surface area (Å²) in [4.78, 5) is 3.96. The number of hydrogen-bond acceptors (Lipinski definition) is 5. The lowest BCUT2D eigenvalue weighted by Gasteiger charge is -2.21. The molecule has 0 radical (unpaired) electrons. The molecule has 1 aromatic rings. The lowest BCUT2D eigenvalue weighted by Crippen LogP contribution is -2.35. The lowest BCUT2D eigenvalue weighted by atomic mass is 10.2. The molecule has 1 aliphatic rings. The summed E-state index contributed by atoms with van der Waals surface area (Å²) >= 11 is 4.86. The number of aromatic nitrogens is 1. The largest absolute Gasteiger partial charge is 0.388 e. The first-order valence-corrected chi connectivity index (χ1v) is 8.10. The Morgan fingerprint density at radius 3 is 3.00 bits per heavy atom. The van der Waals surface area contributed by atoms with Gasteiger partial charge in [0.15, 0.2) is 0 Å². The van der Waals surface area contributed by atoms with Crippen LogP contribution in [0.4, 0.5) is 0 Å². The molecule has 1 saturated heterocycles. The fourth-order valence-electron chi connectivity index (χ4n) is 2.12. The second-order valence-electron chi connectivity index (χ2n) is 4.63. The third kappa shape index (κ3) is 3.14. The molecule has 0 saturated carbocycles. The summed E-state index contributed by atoms with van der Waals surface area (Å²) in [6.45, 7) is 0.998. The van der Waals surface area contributed by atoms with E-state index in [4.69, 9.17) is 22.7 Å². The van der Waals surface area contributed by atoms with E-state index < -0.39 is 10.0 Å². The molecule has 110 valence electrons. The Hall–Kier alpha value is -1.09. The second kappa shape index (κ2) is 6.13. The van der Waals surface area contributed by atoms with E-state index in [0.29, 0.717) is 13.2 Å². The first kappa shape index (κ1) is 15.3. The predicted molar refractivity (Wildman–Crippen MR) is 78.9 cm³/mol. The lowest BCUT2D eigenvalue weighted by molar-refractivity contribution is 0.0979. The smallest absolute Gasteiger partial charge is 0.245 e. The third-order valence-electron chi connectivity index (χ3n) is 3.18. The molecule has 0 bridgehead atoms. The van der Waals surface area contributed by atoms with Crippen LogP contribution in [-0.2, 0) is 14.8 Å². The zero-order valence-corrected chi connectivity index (χ0v) is 12.8. The van der Waals surface area contributed by atoms with Crippen LogP contribution in [0.3, 0.4) is 0 Å². The zero-order chi connectivity index (χ0) is 14.8. The van der Waals surface area contributed by atoms with Crippen LogP contribution in [-0.4, -0.2) is 49.0 Å². The van der Waals surface area contributed by atoms with E-state index in [1.165, 1.54) is 23.6 Å². The Labute approximate surface area is 124 Å². The van der Waals surface area contributed by atoms with Crippen molar-refractivity contribution in [2.45, 2.75) is 23.8 Å². The second-order valence-corrected chi connectivity index (χ2v) is 7.09. The normalized spacial score (nSPS) is 19.4. The van der Waals surface area contributed by atoms with Gasteiger partial charge in [0, 0.05) is 26.4 Å². The van der Waals surface area contributed by atoms with E-state index in [1.807, 2.05) is 0 Å². The van der Waals surface area contributed by atoms with Crippen LogP contribution in [0.25, 0.3) is 0 Å². The maximum atomic E-state index is 12.6. The maximum Gasteiger partial charge on any atom is 0.245 e. The van der Waals surface area contributed by atoms with Crippen LogP contribution in [0.1, 0.15) is 18.5 Å². The van der Waals surface area contributed by atoms with Gasteiger partial charge in [0.1, 0.15) is 15.6 Å². The molecule has 1 atom stereocenters. The Morgan fingerprint density at radius 1 is 1.65 bits per heavy atom. The van der Waals surface area contributed by atoms with Gasteiger partial charge < -0.3 is 10.5 Å². The van der Waals surface area contributed by atoms with Gasteiger partial charge in [-0.3, -0.25) is 4.98 Å². The fourth-order valence-corrected chi connectivity index (χ4v) is 3.71. The van der Waals surface area contributed by atoms with Gasteiger partial charge in [-0.1, -0.05) is 12.2 Å². The fraction of sp³-hybridized carbons (Fsp3) is 0.500. The van der Waals surface area contributed by atoms with Crippen LogP contribution >= 0.6 is 12.2 Å². The van der Waals surface area contributed by atoms with Crippen LogP contribution in [0, 0.1) is 0 Å². The highest BCUT2D eigenvalue weighted by atomic mass is 32.2. The molecule has 0 aliphatic carbocycles. The topological polar surface area (TPSA) is 85.5 Å². The molecule has 1 aromatic heterocycles. The monoisotopic (exact) mass is 315 g/mol. The number of likely N-dealkylation sites (N-methyl/N-ethyl adjacent to an activating group) is 1. The average molecular weight is 315 g/mol. The summed E-state index contributed by atoms with van der Waals surface area (Å²) in [5.74, 6) is 0. The Morgan fingerprint density at radius 2 is 2.40 bits per heavy atom. The van der Waals surface area contributed by atoms with Crippen LogP contribution in [0.15, 0.2) is 23.2 Å². The highest BCUT2D eigenvalue weighted by molar-refractivity contribution is 7.89. The van der Waals surface area contributed by atoms with Crippen molar-refractivity contribution in [2.24, 2.45) is 5.73 Å². The minimum absolute atomic E-state index is 0.0327. The van der Waals surface area contributed by atoms with E-state index in [0.717, 1.165) is 12.8 Å². The SMILES string of the molecule is CN(CC1CCCO1)S(=O)(=O)c1cccnc1C(N)=S. The molecule has 2 N–H and O–H groups in total. The van der Waals surface area contributed by atoms with Gasteiger partial charge in [0.2, 0.25) is 10.0 Å². The minimum Gasteiger partial charge on any atom is -0.388 e. The summed E-state index contributed by atoms with van der Waals surface area (Å²) < 4.78 is 31.8. The summed E-state index contributed by atoms with van der Waals surface area (Å²) in [5, 5.41) is 0. The number of pyridine rings is 1. The van der Waals surface area contributed by atoms with Gasteiger partial charge in [0.25, 0.3) is 0 Å². The Kier molecular flexibility index (Phi) is 4.69. The molecule has 1 fully saturated rings. The average Bonchev–Trinajstić information content (AvgIpc) is 2.91. The molecule has 8 heteroatoms. The number of sulfonamides is 1. The van der Waals surface area contributed by atoms with Crippen molar-refractivity contribution in [2.75, 3.05) is 20.2 Å². The minimum atomic E-state index is -3.68. The number of ether oxygens (including phenoxy) is 1. The number of rotatable bonds is 5. The van der Waals surface area contributed by atoms with Gasteiger partial charge in [-0.05, 0) is 25.0 Å². The van der Waals surface area contributed by atoms with Crippen LogP contribution < -0.4 is 5.73 Å². The van der Waals surface area contributed by atoms with Crippen molar-refractivity contribution in [1.29, 1.82) is 0 Å². The number of nitrogens with two attached hydrogens (primary N) is 1. The van der Waals surface area contributed by atoms with Crippen LogP contribution in [0.2, 0.25) is 0 Å². The maximum absolute atomic E-state index is 12.6. The molecular formula is C12H17N3O3S2. The summed E-state index contributed by atoms with van der Waals surface area (Å²) in [6, 6.07) is 3.01. The summed E-state index contributed by atoms with van der Waals surface area (Å²) in [5.41, 5.74) is 5.66. The van der Waals surface area contributed by atoms with Crippen molar-refractivity contribution < 1.29 is 13.2 Å². The zero-order valence-electron chi connectivity index (χ0n) is 11.2. The van der Waals surface area contributed by atoms with Crippen molar-refractivity contribution in [3.63, 3.8) is 0 Å². The van der Waals surface area contributed by atoms with Crippen molar-refractivity contribution >= 4 is 27.2 Å². The van der Waals surface area contributed by atoms with Gasteiger partial charge in [-0.15, -0.1) is 0 Å². The Balaban J connectivity index is 2.27. The van der Waals surface area contributed by atoms with E-state index in [9.17, 15) is 8.42 Å². The molecule has 1 unspecified atom stereocenters. The first-order valence-electron chi connectivity index (χ1n) is 6.25. The standard InChI is InChI=1S/C12H17N3O3S2/c1-15(8-9-4-3-7-18-9)20(16,17)10-5-2-6-14-11(10)12(13)19/h2,5-6,9H,3-4,7-8H2,1H3,(H2,13,19). The van der Waals surface area contributed by atoms with Crippen molar-refractivity contribution in [3.05, 3.63) is 24.0 Å². The molecule has 1 aliphatic heterocycles. The molecule has 0 spiro atoms. The van der Waals surface area contributed by atoms with Crippen molar-refractivity contribution in [1.82, 2.24) is 9.29 Å². The number of nitrogens with zero attached hydrogens (tertiary/aromatic N) is 2. The number of thiocarbonyl (C=S) groups is 1. The highest BCUT2D eigenvalue weighted by Crippen LogP contribution is 2.20. The van der Waals surface area contributed by atoms with Crippen LogP contribution in [0.5, 0.6) is 0 Å². The molecule has 0 aromatic carbocycles. The van der Waals surface area contributed by atoms with Gasteiger partial charge in [0.05, 0.1) is 6.10 Å². The van der Waals surface area contributed by atoms with E-state index in [2.05, 4.69) is 4.98 Å². The predicted octanol–water partition coefficient (Wildman–Crippen LogP) is 0.515. The molecule has 2 rings (SSSR count). The quantitative estimate of drug-likeness (QED) is 0.797. The van der Waals surface area contributed by atoms with Crippen molar-refractivity contribution in [3.8, 4) is 0 Å². The van der Waals surface area contributed by atoms with E-state index in [1.54, 1.807) is 6.07 Å². The summed E-state index contributed by atoms with van der Waals surface area (Å²) in [6.07, 6.45) is 3.24. The molecule has 2 heterocycles. The van der Waals surface area contributed by atoms with E-state index >= 15 is 0 Å². The summed E-state index contributed by atoms with van der Waals surface area (Å²) in [7, 11) is -2.16. The molecule has 20 heavy (non-hydrogen) atoms. The first-order chi connectivity index (χ1) is 9.43. The molecule has 6 nitrogen and oxygen atoms in total. The van der Waals surface area contributed by atoms with E-state index in [-0.39, 0.29) is 21.7 Å². The third-order valence-corrected chi connectivity index (χ3v) is 5.23. The van der Waals surface area contributed by atoms with Gasteiger partial charge in [-0.2, -0.15) is 4.31 Å². The van der Waals surface area contributed by atoms with Gasteiger partial charge >= 0.3 is 0 Å². The Bertz CT molecular complexity index is 598. The molecular weight excluding hydrogens is 298 g/mol. The van der Waals surface area contributed by atoms with Gasteiger partial charge in [-0.25, -0.2) is 8.42 Å². The number of hydrogen-bond donors (Lipinski definition) is 1.